The Balaban J connectivity index is 0.00000134. The molecule has 2 rings (SSSR count). The quantitative estimate of drug-likeness (QED) is 0.852. The predicted octanol–water partition coefficient (Wildman–Crippen LogP) is 3.12. The molecule has 0 aliphatic heterocycles. The number of carbonyl (C=O) groups excluding carboxylic acids is 1. The van der Waals surface area contributed by atoms with Crippen molar-refractivity contribution in [2.75, 3.05) is 14.2 Å². The van der Waals surface area contributed by atoms with Crippen LogP contribution in [-0.4, -0.2) is 25.1 Å². The Labute approximate surface area is 153 Å². The largest absolute Gasteiger partial charge is 0.469 e. The highest BCUT2D eigenvalue weighted by molar-refractivity contribution is 5.69. The lowest BCUT2D eigenvalue weighted by Gasteiger charge is -2.31. The number of aromatic nitrogens is 1. The zero-order valence-electron chi connectivity index (χ0n) is 16.8. The van der Waals surface area contributed by atoms with Crippen LogP contribution in [0.3, 0.4) is 0 Å². The lowest BCUT2D eigenvalue weighted by Crippen LogP contribution is -2.30. The van der Waals surface area contributed by atoms with Crippen molar-refractivity contribution in [2.45, 2.75) is 65.7 Å². The molecule has 2 atom stereocenters. The molecule has 1 unspecified atom stereocenters. The SMILES string of the molecule is C/C=c1/cc(C2CCCC[C@@H]2CC(=O)OC)cn/c1=C/C.CC.CN. The fourth-order valence-corrected chi connectivity index (χ4v) is 3.37. The van der Waals surface area contributed by atoms with E-state index in [4.69, 9.17) is 4.74 Å². The Morgan fingerprint density at radius 1 is 1.24 bits per heavy atom. The molecular weight excluding hydrogens is 312 g/mol. The second-order valence-corrected chi connectivity index (χ2v) is 5.75. The van der Waals surface area contributed by atoms with Crippen molar-refractivity contribution < 1.29 is 9.53 Å². The molecule has 1 heterocycles. The zero-order valence-corrected chi connectivity index (χ0v) is 16.8. The summed E-state index contributed by atoms with van der Waals surface area (Å²) in [5.41, 5.74) is 5.77. The van der Waals surface area contributed by atoms with Gasteiger partial charge in [-0.3, -0.25) is 9.78 Å². The molecule has 0 amide bonds. The van der Waals surface area contributed by atoms with Gasteiger partial charge in [-0.25, -0.2) is 0 Å². The fourth-order valence-electron chi connectivity index (χ4n) is 3.37. The van der Waals surface area contributed by atoms with Crippen LogP contribution in [0.1, 0.15) is 71.3 Å². The number of nitrogens with two attached hydrogens (primary N) is 1. The minimum atomic E-state index is -0.0966. The van der Waals surface area contributed by atoms with Crippen LogP contribution in [0.5, 0.6) is 0 Å². The highest BCUT2D eigenvalue weighted by atomic mass is 16.5. The highest BCUT2D eigenvalue weighted by Gasteiger charge is 2.28. The number of esters is 1. The van der Waals surface area contributed by atoms with E-state index in [1.807, 2.05) is 40.0 Å². The topological polar surface area (TPSA) is 65.2 Å². The van der Waals surface area contributed by atoms with Gasteiger partial charge in [-0.1, -0.05) is 38.8 Å². The smallest absolute Gasteiger partial charge is 0.305 e. The third-order valence-electron chi connectivity index (χ3n) is 4.55. The van der Waals surface area contributed by atoms with Crippen LogP contribution in [0, 0.1) is 5.92 Å². The van der Waals surface area contributed by atoms with Crippen LogP contribution in [-0.2, 0) is 9.53 Å². The predicted molar refractivity (Wildman–Crippen MR) is 107 cm³/mol. The first-order valence-electron chi connectivity index (χ1n) is 9.42. The second-order valence-electron chi connectivity index (χ2n) is 5.75. The number of hydrogen-bond acceptors (Lipinski definition) is 4. The highest BCUT2D eigenvalue weighted by Crippen LogP contribution is 2.39. The molecule has 0 saturated heterocycles. The van der Waals surface area contributed by atoms with Crippen molar-refractivity contribution in [1.29, 1.82) is 0 Å². The maximum Gasteiger partial charge on any atom is 0.305 e. The molecule has 0 spiro atoms. The van der Waals surface area contributed by atoms with Gasteiger partial charge in [0.1, 0.15) is 0 Å². The van der Waals surface area contributed by atoms with Gasteiger partial charge in [0.05, 0.1) is 12.5 Å². The van der Waals surface area contributed by atoms with Crippen LogP contribution in [0.25, 0.3) is 12.2 Å². The molecule has 1 aromatic rings. The lowest BCUT2D eigenvalue weighted by atomic mass is 9.74. The first-order valence-corrected chi connectivity index (χ1v) is 9.42. The Hall–Kier alpha value is -1.68. The molecule has 1 aliphatic carbocycles. The molecule has 0 aromatic carbocycles. The molecule has 25 heavy (non-hydrogen) atoms. The Bertz CT molecular complexity index is 611. The number of carbonyl (C=O) groups is 1. The minimum absolute atomic E-state index is 0.0966. The van der Waals surface area contributed by atoms with Crippen LogP contribution >= 0.6 is 0 Å². The average Bonchev–Trinajstić information content (AvgIpc) is 2.70. The summed E-state index contributed by atoms with van der Waals surface area (Å²) in [5, 5.41) is 2.21. The van der Waals surface area contributed by atoms with Gasteiger partial charge in [0, 0.05) is 12.6 Å². The van der Waals surface area contributed by atoms with Crippen molar-refractivity contribution in [2.24, 2.45) is 11.7 Å². The van der Waals surface area contributed by atoms with Gasteiger partial charge >= 0.3 is 5.97 Å². The second kappa shape index (κ2) is 13.6. The zero-order chi connectivity index (χ0) is 19.2. The van der Waals surface area contributed by atoms with Gasteiger partial charge in [0.15, 0.2) is 0 Å². The van der Waals surface area contributed by atoms with Crippen LogP contribution in [0.15, 0.2) is 12.3 Å². The summed E-state index contributed by atoms with van der Waals surface area (Å²) in [4.78, 5) is 16.2. The van der Waals surface area contributed by atoms with E-state index < -0.39 is 0 Å². The molecule has 1 aliphatic rings. The van der Waals surface area contributed by atoms with Crippen molar-refractivity contribution in [3.63, 3.8) is 0 Å². The Morgan fingerprint density at radius 2 is 1.88 bits per heavy atom. The summed E-state index contributed by atoms with van der Waals surface area (Å²) in [6.07, 6.45) is 11.3. The minimum Gasteiger partial charge on any atom is -0.469 e. The molecule has 2 N–H and O–H groups in total. The molecule has 1 aromatic heterocycles. The first-order chi connectivity index (χ1) is 12.2. The van der Waals surface area contributed by atoms with Gasteiger partial charge < -0.3 is 10.5 Å². The lowest BCUT2D eigenvalue weighted by molar-refractivity contribution is -0.142. The third kappa shape index (κ3) is 6.99. The standard InChI is InChI=1S/C18H25NO2.C2H6.CH5N/c1-4-13-10-15(12-19-17(13)5-2)16-9-7-6-8-14(16)11-18(20)21-3;2*1-2/h4-5,10,12,14,16H,6-9,11H2,1-3H3;1-2H3;2H2,1H3/b13-4-,17-5+;;/t14-,16?;;/m1../s1. The van der Waals surface area contributed by atoms with Gasteiger partial charge in [0.2, 0.25) is 0 Å². The maximum atomic E-state index is 11.6. The van der Waals surface area contributed by atoms with E-state index in [1.54, 1.807) is 0 Å². The molecule has 0 bridgehead atoms. The van der Waals surface area contributed by atoms with Crippen molar-refractivity contribution in [3.05, 3.63) is 28.4 Å². The maximum absolute atomic E-state index is 11.6. The summed E-state index contributed by atoms with van der Waals surface area (Å²) >= 11 is 0. The molecule has 142 valence electrons. The summed E-state index contributed by atoms with van der Waals surface area (Å²) in [6, 6.07) is 2.24. The van der Waals surface area contributed by atoms with Gasteiger partial charge in [-0.05, 0) is 62.4 Å². The average molecular weight is 349 g/mol. The summed E-state index contributed by atoms with van der Waals surface area (Å²) in [5.74, 6) is 0.713. The van der Waals surface area contributed by atoms with E-state index in [1.165, 1.54) is 37.8 Å². The number of rotatable bonds is 3. The number of methoxy groups -OCH3 is 1. The van der Waals surface area contributed by atoms with Gasteiger partial charge in [0.25, 0.3) is 0 Å². The van der Waals surface area contributed by atoms with E-state index in [0.717, 1.165) is 18.2 Å². The van der Waals surface area contributed by atoms with Crippen molar-refractivity contribution in [3.8, 4) is 0 Å². The Kier molecular flexibility index (Phi) is 12.7. The molecule has 4 nitrogen and oxygen atoms in total. The molecule has 0 radical (unpaired) electrons. The van der Waals surface area contributed by atoms with E-state index in [2.05, 4.69) is 22.9 Å². The third-order valence-corrected chi connectivity index (χ3v) is 4.55. The summed E-state index contributed by atoms with van der Waals surface area (Å²) in [7, 11) is 2.97. The Morgan fingerprint density at radius 3 is 2.44 bits per heavy atom. The van der Waals surface area contributed by atoms with Crippen LogP contribution in [0.4, 0.5) is 0 Å². The van der Waals surface area contributed by atoms with E-state index in [9.17, 15) is 4.79 Å². The first kappa shape index (κ1) is 23.3. The molecular formula is C21H36N2O2. The molecule has 4 heteroatoms. The van der Waals surface area contributed by atoms with Gasteiger partial charge in [-0.2, -0.15) is 0 Å². The number of pyridine rings is 1. The van der Waals surface area contributed by atoms with Crippen LogP contribution in [0.2, 0.25) is 0 Å². The summed E-state index contributed by atoms with van der Waals surface area (Å²) in [6.45, 7) is 8.05. The summed E-state index contributed by atoms with van der Waals surface area (Å²) < 4.78 is 4.85. The number of ether oxygens (including phenoxy) is 1. The normalized spacial score (nSPS) is 20.8. The number of hydrogen-bond donors (Lipinski definition) is 1. The van der Waals surface area contributed by atoms with Gasteiger partial charge in [-0.15, -0.1) is 0 Å². The van der Waals surface area contributed by atoms with E-state index in [-0.39, 0.29) is 5.97 Å². The van der Waals surface area contributed by atoms with E-state index in [0.29, 0.717) is 18.3 Å². The number of nitrogens with zero attached hydrogens (tertiary/aromatic N) is 1. The molecule has 1 fully saturated rings. The van der Waals surface area contributed by atoms with Crippen molar-refractivity contribution in [1.82, 2.24) is 4.98 Å². The van der Waals surface area contributed by atoms with E-state index >= 15 is 0 Å². The van der Waals surface area contributed by atoms with Crippen LogP contribution < -0.4 is 16.3 Å². The van der Waals surface area contributed by atoms with Crippen molar-refractivity contribution >= 4 is 18.1 Å². The fraction of sp³-hybridized carbons (Fsp3) is 0.619. The molecule has 1 saturated carbocycles. The monoisotopic (exact) mass is 348 g/mol.